The molecule has 7 nitrogen and oxygen atoms in total. The van der Waals surface area contributed by atoms with Crippen LogP contribution in [0.2, 0.25) is 0 Å². The smallest absolute Gasteiger partial charge is 0.355 e. The first-order chi connectivity index (χ1) is 19.6. The summed E-state index contributed by atoms with van der Waals surface area (Å²) in [4.78, 5) is 16.5. The number of ether oxygens (including phenoxy) is 2. The number of nitrogens with one attached hydrogen (secondary N) is 1. The van der Waals surface area contributed by atoms with Crippen molar-refractivity contribution in [3.63, 3.8) is 0 Å². The molecule has 1 fully saturated rings. The van der Waals surface area contributed by atoms with Crippen LogP contribution in [-0.2, 0) is 24.3 Å². The van der Waals surface area contributed by atoms with Crippen LogP contribution < -0.4 is 4.74 Å². The molecule has 0 spiro atoms. The Hall–Kier alpha value is -4.10. The normalized spacial score (nSPS) is 13.3. The van der Waals surface area contributed by atoms with Crippen molar-refractivity contribution in [3.8, 4) is 16.9 Å². The molecule has 6 rings (SSSR count). The van der Waals surface area contributed by atoms with Gasteiger partial charge in [-0.3, -0.25) is 4.68 Å². The molecule has 1 saturated carbocycles. The highest BCUT2D eigenvalue weighted by Crippen LogP contribution is 2.46. The number of carbonyl (C=O) groups excluding carboxylic acids is 1. The van der Waals surface area contributed by atoms with Gasteiger partial charge in [-0.15, -0.1) is 0 Å². The lowest BCUT2D eigenvalue weighted by Crippen LogP contribution is -2.09. The molecule has 1 aliphatic carbocycles. The summed E-state index contributed by atoms with van der Waals surface area (Å²) in [6.07, 6.45) is 3.60. The minimum atomic E-state index is -0.358. The summed E-state index contributed by atoms with van der Waals surface area (Å²) in [7, 11) is 0. The first-order valence-corrected chi connectivity index (χ1v) is 14.3. The van der Waals surface area contributed by atoms with Crippen molar-refractivity contribution in [1.82, 2.24) is 14.8 Å². The molecule has 0 unspecified atom stereocenters. The van der Waals surface area contributed by atoms with E-state index < -0.39 is 0 Å². The van der Waals surface area contributed by atoms with Crippen molar-refractivity contribution in [2.45, 2.75) is 58.6 Å². The standard InChI is InChI=1S/C33H35N3O4/c1-3-36-27(20-37)29(30(35-36)22-17-18-22)26-14-8-13-24-25(32(34-31(24)26)33(38)39-4-2)15-9-19-40-28-16-7-11-21-10-5-6-12-23(21)28/h5-8,10-14,16,22,34,37H,3-4,9,15,17-20H2,1-2H3. The zero-order chi connectivity index (χ0) is 27.6. The number of esters is 1. The Balaban J connectivity index is 1.35. The number of rotatable bonds is 11. The zero-order valence-electron chi connectivity index (χ0n) is 23.1. The van der Waals surface area contributed by atoms with Gasteiger partial charge >= 0.3 is 5.97 Å². The van der Waals surface area contributed by atoms with Gasteiger partial charge in [-0.1, -0.05) is 54.6 Å². The largest absolute Gasteiger partial charge is 0.493 e. The summed E-state index contributed by atoms with van der Waals surface area (Å²) in [6.45, 7) is 5.27. The van der Waals surface area contributed by atoms with Crippen LogP contribution in [0.3, 0.4) is 0 Å². The minimum Gasteiger partial charge on any atom is -0.493 e. The van der Waals surface area contributed by atoms with Gasteiger partial charge in [-0.2, -0.15) is 5.10 Å². The van der Waals surface area contributed by atoms with Crippen LogP contribution >= 0.6 is 0 Å². The molecule has 0 saturated heterocycles. The van der Waals surface area contributed by atoms with Crippen LogP contribution in [-0.4, -0.2) is 39.1 Å². The maximum Gasteiger partial charge on any atom is 0.355 e. The van der Waals surface area contributed by atoms with Crippen LogP contribution in [0, 0.1) is 0 Å². The number of carbonyl (C=O) groups is 1. The van der Waals surface area contributed by atoms with E-state index in [9.17, 15) is 9.90 Å². The zero-order valence-corrected chi connectivity index (χ0v) is 23.1. The lowest BCUT2D eigenvalue weighted by atomic mass is 9.97. The summed E-state index contributed by atoms with van der Waals surface area (Å²) in [5.74, 6) is 0.916. The van der Waals surface area contributed by atoms with Gasteiger partial charge in [-0.05, 0) is 56.5 Å². The number of aromatic amines is 1. The van der Waals surface area contributed by atoms with Crippen molar-refractivity contribution in [2.24, 2.45) is 0 Å². The van der Waals surface area contributed by atoms with Crippen LogP contribution in [0.4, 0.5) is 0 Å². The molecular formula is C33H35N3O4. The van der Waals surface area contributed by atoms with Crippen LogP contribution in [0.1, 0.15) is 66.5 Å². The average molecular weight is 538 g/mol. The number of aliphatic hydroxyl groups is 1. The van der Waals surface area contributed by atoms with Crippen LogP contribution in [0.25, 0.3) is 32.8 Å². The SMILES string of the molecule is CCOC(=O)c1[nH]c2c(-c3c(C4CC4)nn(CC)c3CO)cccc2c1CCCOc1cccc2ccccc12. The molecule has 0 aliphatic heterocycles. The number of aromatic nitrogens is 3. The Morgan fingerprint density at radius 1 is 1.05 bits per heavy atom. The number of fused-ring (bicyclic) bond motifs is 2. The molecule has 0 radical (unpaired) electrons. The lowest BCUT2D eigenvalue weighted by Gasteiger charge is -2.10. The van der Waals surface area contributed by atoms with Crippen molar-refractivity contribution in [3.05, 3.63) is 83.3 Å². The molecule has 3 aromatic carbocycles. The number of aliphatic hydroxyl groups excluding tert-OH is 1. The molecule has 206 valence electrons. The Morgan fingerprint density at radius 3 is 2.60 bits per heavy atom. The quantitative estimate of drug-likeness (QED) is 0.143. The monoisotopic (exact) mass is 537 g/mol. The second kappa shape index (κ2) is 11.2. The number of para-hydroxylation sites is 1. The van der Waals surface area contributed by atoms with Gasteiger partial charge in [0.05, 0.1) is 36.7 Å². The van der Waals surface area contributed by atoms with Crippen molar-refractivity contribution >= 4 is 27.6 Å². The number of hydrogen-bond donors (Lipinski definition) is 2. The fraction of sp³-hybridized carbons (Fsp3) is 0.333. The molecule has 1 aliphatic rings. The van der Waals surface area contributed by atoms with Crippen molar-refractivity contribution in [2.75, 3.05) is 13.2 Å². The van der Waals surface area contributed by atoms with Crippen molar-refractivity contribution < 1.29 is 19.4 Å². The molecule has 2 aromatic heterocycles. The minimum absolute atomic E-state index is 0.0942. The van der Waals surface area contributed by atoms with Gasteiger partial charge in [0.15, 0.2) is 0 Å². The summed E-state index contributed by atoms with van der Waals surface area (Å²) < 4.78 is 13.6. The first kappa shape index (κ1) is 26.1. The number of benzene rings is 3. The third kappa shape index (κ3) is 4.75. The van der Waals surface area contributed by atoms with Gasteiger partial charge in [0, 0.05) is 34.4 Å². The highest BCUT2D eigenvalue weighted by molar-refractivity contribution is 6.04. The summed E-state index contributed by atoms with van der Waals surface area (Å²) in [5, 5.41) is 18.4. The number of aryl methyl sites for hydroxylation is 2. The maximum absolute atomic E-state index is 13.1. The fourth-order valence-corrected chi connectivity index (χ4v) is 5.75. The van der Waals surface area contributed by atoms with Gasteiger partial charge < -0.3 is 19.6 Å². The van der Waals surface area contributed by atoms with E-state index in [0.717, 1.165) is 74.8 Å². The van der Waals surface area contributed by atoms with E-state index in [4.69, 9.17) is 14.6 Å². The third-order valence-corrected chi connectivity index (χ3v) is 7.77. The summed E-state index contributed by atoms with van der Waals surface area (Å²) in [6, 6.07) is 20.4. The predicted octanol–water partition coefficient (Wildman–Crippen LogP) is 6.76. The van der Waals surface area contributed by atoms with Gasteiger partial charge in [0.2, 0.25) is 0 Å². The van der Waals surface area contributed by atoms with Crippen LogP contribution in [0.15, 0.2) is 60.7 Å². The Kier molecular flexibility index (Phi) is 7.30. The Labute approximate surface area is 233 Å². The van der Waals surface area contributed by atoms with E-state index >= 15 is 0 Å². The van der Waals surface area contributed by atoms with E-state index in [1.54, 1.807) is 0 Å². The molecule has 40 heavy (non-hydrogen) atoms. The Bertz CT molecular complexity index is 1670. The number of hydrogen-bond acceptors (Lipinski definition) is 5. The maximum atomic E-state index is 13.1. The van der Waals surface area contributed by atoms with E-state index in [1.165, 1.54) is 0 Å². The molecular weight excluding hydrogens is 502 g/mol. The summed E-state index contributed by atoms with van der Waals surface area (Å²) in [5.41, 5.74) is 6.09. The molecule has 7 heteroatoms. The molecule has 0 bridgehead atoms. The molecule has 2 N–H and O–H groups in total. The lowest BCUT2D eigenvalue weighted by molar-refractivity contribution is 0.0519. The van der Waals surface area contributed by atoms with E-state index in [1.807, 2.05) is 48.9 Å². The highest BCUT2D eigenvalue weighted by atomic mass is 16.5. The topological polar surface area (TPSA) is 89.4 Å². The Morgan fingerprint density at radius 2 is 1.82 bits per heavy atom. The second-order valence-corrected chi connectivity index (χ2v) is 10.3. The molecule has 0 amide bonds. The van der Waals surface area contributed by atoms with Crippen LogP contribution in [0.5, 0.6) is 5.75 Å². The number of H-pyrrole nitrogens is 1. The third-order valence-electron chi connectivity index (χ3n) is 7.77. The predicted molar refractivity (Wildman–Crippen MR) is 157 cm³/mol. The number of nitrogens with zero attached hydrogens (tertiary/aromatic N) is 2. The highest BCUT2D eigenvalue weighted by Gasteiger charge is 2.33. The van der Waals surface area contributed by atoms with E-state index in [0.29, 0.717) is 37.8 Å². The molecule has 0 atom stereocenters. The van der Waals surface area contributed by atoms with Crippen molar-refractivity contribution in [1.29, 1.82) is 0 Å². The second-order valence-electron chi connectivity index (χ2n) is 10.3. The fourth-order valence-electron chi connectivity index (χ4n) is 5.75. The molecule has 2 heterocycles. The molecule has 5 aromatic rings. The van der Waals surface area contributed by atoms with E-state index in [2.05, 4.69) is 35.3 Å². The first-order valence-electron chi connectivity index (χ1n) is 14.3. The average Bonchev–Trinajstić information content (AvgIpc) is 3.66. The van der Waals surface area contributed by atoms with Gasteiger partial charge in [0.1, 0.15) is 11.4 Å². The van der Waals surface area contributed by atoms with E-state index in [-0.39, 0.29) is 12.6 Å². The van der Waals surface area contributed by atoms with Gasteiger partial charge in [-0.25, -0.2) is 4.79 Å². The summed E-state index contributed by atoms with van der Waals surface area (Å²) >= 11 is 0. The van der Waals surface area contributed by atoms with Gasteiger partial charge in [0.25, 0.3) is 0 Å².